The monoisotopic (exact) mass is 153 g/mol. The predicted molar refractivity (Wildman–Crippen MR) is 35.4 cm³/mol. The summed E-state index contributed by atoms with van der Waals surface area (Å²) >= 11 is 0. The first-order chi connectivity index (χ1) is 5.27. The average Bonchev–Trinajstić information content (AvgIpc) is 2.68. The first-order valence-electron chi connectivity index (χ1n) is 3.47. The molecule has 11 heavy (non-hydrogen) atoms. The largest absolute Gasteiger partial charge is 0.476 e. The molecule has 0 bridgehead atoms. The molecular formula is C7H7NO3. The minimum atomic E-state index is -1.03. The summed E-state index contributed by atoms with van der Waals surface area (Å²) < 4.78 is 4.82. The van der Waals surface area contributed by atoms with Crippen LogP contribution in [0.5, 0.6) is 0 Å². The van der Waals surface area contributed by atoms with Gasteiger partial charge in [0.05, 0.1) is 0 Å². The molecule has 1 aromatic heterocycles. The highest BCUT2D eigenvalue weighted by atomic mass is 16.5. The van der Waals surface area contributed by atoms with E-state index in [1.54, 1.807) is 0 Å². The molecule has 1 aromatic rings. The maximum Gasteiger partial charge on any atom is 0.358 e. The van der Waals surface area contributed by atoms with Crippen LogP contribution in [-0.4, -0.2) is 16.2 Å². The molecule has 1 aliphatic carbocycles. The van der Waals surface area contributed by atoms with Gasteiger partial charge in [0.25, 0.3) is 0 Å². The van der Waals surface area contributed by atoms with E-state index in [-0.39, 0.29) is 5.69 Å². The highest BCUT2D eigenvalue weighted by Crippen LogP contribution is 2.40. The highest BCUT2D eigenvalue weighted by Gasteiger charge is 2.28. The van der Waals surface area contributed by atoms with Crippen molar-refractivity contribution in [2.45, 2.75) is 18.8 Å². The standard InChI is InChI=1S/C7H7NO3/c9-7(10)5-3-6(11-8-5)4-1-2-4/h3-4H,1-2H2,(H,9,10). The van der Waals surface area contributed by atoms with Crippen LogP contribution in [0.25, 0.3) is 0 Å². The molecule has 1 saturated carbocycles. The van der Waals surface area contributed by atoms with Gasteiger partial charge in [0.15, 0.2) is 5.69 Å². The fourth-order valence-corrected chi connectivity index (χ4v) is 0.950. The molecule has 1 N–H and O–H groups in total. The number of rotatable bonds is 2. The van der Waals surface area contributed by atoms with Gasteiger partial charge in [-0.3, -0.25) is 0 Å². The summed E-state index contributed by atoms with van der Waals surface area (Å²) in [6, 6.07) is 1.50. The summed E-state index contributed by atoms with van der Waals surface area (Å²) in [7, 11) is 0. The van der Waals surface area contributed by atoms with E-state index in [2.05, 4.69) is 5.16 Å². The molecule has 0 spiro atoms. The summed E-state index contributed by atoms with van der Waals surface area (Å²) in [5, 5.41) is 11.9. The molecular weight excluding hydrogens is 146 g/mol. The Morgan fingerprint density at radius 2 is 2.45 bits per heavy atom. The van der Waals surface area contributed by atoms with Gasteiger partial charge in [-0.2, -0.15) is 0 Å². The van der Waals surface area contributed by atoms with Crippen LogP contribution in [0.2, 0.25) is 0 Å². The molecule has 1 aliphatic rings. The van der Waals surface area contributed by atoms with Crippen molar-refractivity contribution in [1.29, 1.82) is 0 Å². The quantitative estimate of drug-likeness (QED) is 0.694. The second-order valence-electron chi connectivity index (χ2n) is 2.69. The Balaban J connectivity index is 2.25. The van der Waals surface area contributed by atoms with E-state index >= 15 is 0 Å². The number of aromatic nitrogens is 1. The third-order valence-electron chi connectivity index (χ3n) is 1.73. The van der Waals surface area contributed by atoms with Gasteiger partial charge in [-0.05, 0) is 12.8 Å². The van der Waals surface area contributed by atoms with Gasteiger partial charge in [-0.25, -0.2) is 4.79 Å². The van der Waals surface area contributed by atoms with Gasteiger partial charge in [-0.1, -0.05) is 5.16 Å². The zero-order chi connectivity index (χ0) is 7.84. The van der Waals surface area contributed by atoms with E-state index in [4.69, 9.17) is 9.63 Å². The first-order valence-corrected chi connectivity index (χ1v) is 3.47. The van der Waals surface area contributed by atoms with Crippen LogP contribution in [0.1, 0.15) is 35.0 Å². The van der Waals surface area contributed by atoms with E-state index in [1.165, 1.54) is 6.07 Å². The lowest BCUT2D eigenvalue weighted by molar-refractivity contribution is 0.0685. The van der Waals surface area contributed by atoms with Crippen LogP contribution in [0.4, 0.5) is 0 Å². The SMILES string of the molecule is O=C(O)c1cc(C2CC2)on1. The van der Waals surface area contributed by atoms with Gasteiger partial charge < -0.3 is 9.63 Å². The highest BCUT2D eigenvalue weighted by molar-refractivity contribution is 5.85. The van der Waals surface area contributed by atoms with Crippen molar-refractivity contribution in [2.75, 3.05) is 0 Å². The van der Waals surface area contributed by atoms with Crippen molar-refractivity contribution >= 4 is 5.97 Å². The predicted octanol–water partition coefficient (Wildman–Crippen LogP) is 1.25. The van der Waals surface area contributed by atoms with Crippen molar-refractivity contribution in [1.82, 2.24) is 5.16 Å². The normalized spacial score (nSPS) is 16.7. The van der Waals surface area contributed by atoms with Gasteiger partial charge in [0.2, 0.25) is 0 Å². The van der Waals surface area contributed by atoms with Crippen LogP contribution in [-0.2, 0) is 0 Å². The van der Waals surface area contributed by atoms with E-state index in [0.29, 0.717) is 11.7 Å². The third kappa shape index (κ3) is 1.11. The lowest BCUT2D eigenvalue weighted by Crippen LogP contribution is -1.94. The summed E-state index contributed by atoms with van der Waals surface area (Å²) in [6.07, 6.45) is 2.18. The molecule has 0 aromatic carbocycles. The Hall–Kier alpha value is -1.32. The zero-order valence-electron chi connectivity index (χ0n) is 5.78. The summed E-state index contributed by atoms with van der Waals surface area (Å²) in [5.41, 5.74) is 0.00639. The van der Waals surface area contributed by atoms with Crippen LogP contribution >= 0.6 is 0 Å². The molecule has 4 heteroatoms. The topological polar surface area (TPSA) is 63.3 Å². The van der Waals surface area contributed by atoms with Crippen molar-refractivity contribution < 1.29 is 14.4 Å². The molecule has 0 saturated heterocycles. The van der Waals surface area contributed by atoms with Crippen LogP contribution in [0.3, 0.4) is 0 Å². The Kier molecular flexibility index (Phi) is 1.21. The van der Waals surface area contributed by atoms with Gasteiger partial charge in [0.1, 0.15) is 5.76 Å². The molecule has 0 radical (unpaired) electrons. The summed E-state index contributed by atoms with van der Waals surface area (Å²) in [4.78, 5) is 10.3. The minimum Gasteiger partial charge on any atom is -0.476 e. The third-order valence-corrected chi connectivity index (χ3v) is 1.73. The Bertz CT molecular complexity index is 288. The number of hydrogen-bond acceptors (Lipinski definition) is 3. The maximum atomic E-state index is 10.3. The lowest BCUT2D eigenvalue weighted by atomic mass is 10.3. The number of hydrogen-bond donors (Lipinski definition) is 1. The van der Waals surface area contributed by atoms with Gasteiger partial charge in [0, 0.05) is 12.0 Å². The Morgan fingerprint density at radius 3 is 2.91 bits per heavy atom. The van der Waals surface area contributed by atoms with Crippen molar-refractivity contribution in [3.8, 4) is 0 Å². The number of carboxylic acid groups (broad SMARTS) is 1. The first kappa shape index (κ1) is 6.39. The number of carboxylic acids is 1. The average molecular weight is 153 g/mol. The minimum absolute atomic E-state index is 0.00639. The van der Waals surface area contributed by atoms with Gasteiger partial charge >= 0.3 is 5.97 Å². The lowest BCUT2D eigenvalue weighted by Gasteiger charge is -1.80. The number of nitrogens with zero attached hydrogens (tertiary/aromatic N) is 1. The molecule has 0 atom stereocenters. The molecule has 0 aliphatic heterocycles. The smallest absolute Gasteiger partial charge is 0.358 e. The fraction of sp³-hybridized carbons (Fsp3) is 0.429. The number of aromatic carboxylic acids is 1. The molecule has 58 valence electrons. The molecule has 0 unspecified atom stereocenters. The van der Waals surface area contributed by atoms with Crippen molar-refractivity contribution in [2.24, 2.45) is 0 Å². The molecule has 1 heterocycles. The van der Waals surface area contributed by atoms with E-state index in [0.717, 1.165) is 12.8 Å². The second kappa shape index (κ2) is 2.08. The molecule has 1 fully saturated rings. The fourth-order valence-electron chi connectivity index (χ4n) is 0.950. The second-order valence-corrected chi connectivity index (χ2v) is 2.69. The Morgan fingerprint density at radius 1 is 1.73 bits per heavy atom. The van der Waals surface area contributed by atoms with Gasteiger partial charge in [-0.15, -0.1) is 0 Å². The maximum absolute atomic E-state index is 10.3. The van der Waals surface area contributed by atoms with E-state index in [9.17, 15) is 4.79 Å². The number of carbonyl (C=O) groups is 1. The van der Waals surface area contributed by atoms with Crippen molar-refractivity contribution in [3.63, 3.8) is 0 Å². The molecule has 4 nitrogen and oxygen atoms in total. The van der Waals surface area contributed by atoms with E-state index in [1.807, 2.05) is 0 Å². The summed E-state index contributed by atoms with van der Waals surface area (Å²) in [5.74, 6) is 0.110. The van der Waals surface area contributed by atoms with E-state index < -0.39 is 5.97 Å². The van der Waals surface area contributed by atoms with Crippen LogP contribution in [0.15, 0.2) is 10.6 Å². The summed E-state index contributed by atoms with van der Waals surface area (Å²) in [6.45, 7) is 0. The molecule has 0 amide bonds. The van der Waals surface area contributed by atoms with Crippen molar-refractivity contribution in [3.05, 3.63) is 17.5 Å². The Labute approximate surface area is 62.8 Å². The van der Waals surface area contributed by atoms with Crippen LogP contribution in [0, 0.1) is 0 Å². The molecule has 2 rings (SSSR count). The zero-order valence-corrected chi connectivity index (χ0v) is 5.78. The van der Waals surface area contributed by atoms with Crippen LogP contribution < -0.4 is 0 Å².